The van der Waals surface area contributed by atoms with Crippen LogP contribution in [0.2, 0.25) is 0 Å². The van der Waals surface area contributed by atoms with E-state index in [2.05, 4.69) is 51.6 Å². The number of nitrogens with one attached hydrogen (secondary N) is 1. The van der Waals surface area contributed by atoms with Crippen LogP contribution in [-0.2, 0) is 13.0 Å². The average Bonchev–Trinajstić information content (AvgIpc) is 2.48. The second-order valence-electron chi connectivity index (χ2n) is 5.70. The molecule has 0 spiro atoms. The van der Waals surface area contributed by atoms with Gasteiger partial charge < -0.3 is 10.4 Å². The summed E-state index contributed by atoms with van der Waals surface area (Å²) in [5.41, 5.74) is 5.43. The van der Waals surface area contributed by atoms with Gasteiger partial charge in [-0.15, -0.1) is 0 Å². The minimum Gasteiger partial charge on any atom is -0.507 e. The van der Waals surface area contributed by atoms with Crippen molar-refractivity contribution in [1.82, 2.24) is 5.32 Å². The van der Waals surface area contributed by atoms with Gasteiger partial charge in [-0.25, -0.2) is 0 Å². The van der Waals surface area contributed by atoms with Gasteiger partial charge in [0.25, 0.3) is 0 Å². The van der Waals surface area contributed by atoms with Crippen molar-refractivity contribution in [2.24, 2.45) is 0 Å². The number of phenolic OH excluding ortho intramolecular Hbond substituents is 1. The molecule has 2 unspecified atom stereocenters. The molecule has 0 radical (unpaired) electrons. The Hall–Kier alpha value is -1.32. The number of aryl methyl sites for hydroxylation is 1. The largest absolute Gasteiger partial charge is 0.507 e. The Morgan fingerprint density at radius 1 is 1.10 bits per heavy atom. The van der Waals surface area contributed by atoms with E-state index in [9.17, 15) is 5.11 Å². The van der Waals surface area contributed by atoms with Crippen LogP contribution in [0.25, 0.3) is 0 Å². The maximum Gasteiger partial charge on any atom is 0.130 e. The predicted octanol–water partition coefficient (Wildman–Crippen LogP) is 3.70. The summed E-state index contributed by atoms with van der Waals surface area (Å²) >= 11 is 3.43. The smallest absolute Gasteiger partial charge is 0.130 e. The van der Waals surface area contributed by atoms with E-state index in [1.54, 1.807) is 0 Å². The molecule has 0 bridgehead atoms. The molecule has 1 heterocycles. The first-order valence-corrected chi connectivity index (χ1v) is 7.86. The fourth-order valence-corrected chi connectivity index (χ4v) is 4.05. The average molecular weight is 330 g/mol. The molecule has 0 saturated heterocycles. The molecule has 2 aliphatic rings. The van der Waals surface area contributed by atoms with E-state index < -0.39 is 0 Å². The summed E-state index contributed by atoms with van der Waals surface area (Å²) in [6.45, 7) is 0.954. The van der Waals surface area contributed by atoms with Crippen LogP contribution in [0.4, 0.5) is 0 Å². The molecular formula is C17H16BrNO. The highest BCUT2D eigenvalue weighted by Crippen LogP contribution is 2.43. The van der Waals surface area contributed by atoms with Gasteiger partial charge in [0.1, 0.15) is 5.75 Å². The van der Waals surface area contributed by atoms with Crippen molar-refractivity contribution in [2.45, 2.75) is 31.3 Å². The molecule has 1 aliphatic carbocycles. The molecule has 2 nitrogen and oxygen atoms in total. The summed E-state index contributed by atoms with van der Waals surface area (Å²) in [5.74, 6) is 0.704. The summed E-state index contributed by atoms with van der Waals surface area (Å²) in [6.07, 6.45) is 2.23. The van der Waals surface area contributed by atoms with Crippen molar-refractivity contribution in [2.75, 3.05) is 0 Å². The van der Waals surface area contributed by atoms with Gasteiger partial charge in [0.2, 0.25) is 0 Å². The molecule has 0 amide bonds. The Bertz CT molecular complexity index is 683. The van der Waals surface area contributed by atoms with E-state index in [0.29, 0.717) is 17.7 Å². The first-order valence-electron chi connectivity index (χ1n) is 7.06. The first kappa shape index (κ1) is 12.4. The summed E-state index contributed by atoms with van der Waals surface area (Å²) < 4.78 is 0.798. The number of hydrogen-bond acceptors (Lipinski definition) is 2. The zero-order chi connectivity index (χ0) is 13.7. The Morgan fingerprint density at radius 3 is 2.85 bits per heavy atom. The molecule has 0 aromatic heterocycles. The monoisotopic (exact) mass is 329 g/mol. The maximum absolute atomic E-state index is 10.0. The molecule has 2 N–H and O–H groups in total. The number of hydrogen-bond donors (Lipinski definition) is 2. The number of halogens is 1. The van der Waals surface area contributed by atoms with E-state index >= 15 is 0 Å². The van der Waals surface area contributed by atoms with Crippen LogP contribution in [0.1, 0.15) is 34.6 Å². The summed E-state index contributed by atoms with van der Waals surface area (Å²) in [4.78, 5) is 0. The standard InChI is InChI=1S/C17H16BrNO/c18-14-7-10-5-6-15-17(13(10)8-16(14)20)12-4-2-1-3-11(12)9-19-15/h1-4,7-8,15,17,19-20H,5-6,9H2. The quantitative estimate of drug-likeness (QED) is 0.772. The third kappa shape index (κ3) is 1.80. The Morgan fingerprint density at radius 2 is 1.95 bits per heavy atom. The van der Waals surface area contributed by atoms with E-state index in [1.807, 2.05) is 6.07 Å². The maximum atomic E-state index is 10.0. The first-order chi connectivity index (χ1) is 9.74. The molecule has 2 aromatic rings. The van der Waals surface area contributed by atoms with Crippen LogP contribution in [-0.4, -0.2) is 11.1 Å². The molecular weight excluding hydrogens is 314 g/mol. The molecule has 2 atom stereocenters. The fourth-order valence-electron chi connectivity index (χ4n) is 3.66. The van der Waals surface area contributed by atoms with Gasteiger partial charge in [-0.2, -0.15) is 0 Å². The number of rotatable bonds is 0. The minimum absolute atomic E-state index is 0.340. The van der Waals surface area contributed by atoms with E-state index in [-0.39, 0.29) is 0 Å². The van der Waals surface area contributed by atoms with Crippen LogP contribution in [0.3, 0.4) is 0 Å². The van der Waals surface area contributed by atoms with Gasteiger partial charge in [0.15, 0.2) is 0 Å². The molecule has 4 rings (SSSR count). The van der Waals surface area contributed by atoms with Crippen LogP contribution in [0.5, 0.6) is 5.75 Å². The lowest BCUT2D eigenvalue weighted by molar-refractivity contribution is 0.391. The Balaban J connectivity index is 1.92. The second-order valence-corrected chi connectivity index (χ2v) is 6.56. The summed E-state index contributed by atoms with van der Waals surface area (Å²) in [5, 5.41) is 13.7. The van der Waals surface area contributed by atoms with Gasteiger partial charge in [-0.1, -0.05) is 24.3 Å². The third-order valence-corrected chi connectivity index (χ3v) is 5.25. The van der Waals surface area contributed by atoms with Gasteiger partial charge in [-0.05, 0) is 63.2 Å². The number of benzene rings is 2. The van der Waals surface area contributed by atoms with Crippen molar-refractivity contribution in [3.05, 3.63) is 63.1 Å². The van der Waals surface area contributed by atoms with Gasteiger partial charge in [0.05, 0.1) is 4.47 Å². The van der Waals surface area contributed by atoms with E-state index in [4.69, 9.17) is 0 Å². The SMILES string of the molecule is Oc1cc2c(cc1Br)CCC1NCc3ccccc3C21. The molecule has 20 heavy (non-hydrogen) atoms. The lowest BCUT2D eigenvalue weighted by atomic mass is 9.72. The predicted molar refractivity (Wildman–Crippen MR) is 83.0 cm³/mol. The number of fused-ring (bicyclic) bond motifs is 5. The normalized spacial score (nSPS) is 23.6. The van der Waals surface area contributed by atoms with Crippen molar-refractivity contribution >= 4 is 15.9 Å². The van der Waals surface area contributed by atoms with Gasteiger partial charge in [-0.3, -0.25) is 0 Å². The highest BCUT2D eigenvalue weighted by Gasteiger charge is 2.35. The lowest BCUT2D eigenvalue weighted by Gasteiger charge is -2.39. The number of aromatic hydroxyl groups is 1. The van der Waals surface area contributed by atoms with Crippen LogP contribution >= 0.6 is 15.9 Å². The van der Waals surface area contributed by atoms with Gasteiger partial charge in [0, 0.05) is 18.5 Å². The fraction of sp³-hybridized carbons (Fsp3) is 0.294. The molecule has 2 aromatic carbocycles. The van der Waals surface area contributed by atoms with Gasteiger partial charge >= 0.3 is 0 Å². The zero-order valence-corrected chi connectivity index (χ0v) is 12.7. The van der Waals surface area contributed by atoms with Crippen molar-refractivity contribution in [3.63, 3.8) is 0 Å². The molecule has 0 fully saturated rings. The zero-order valence-electron chi connectivity index (χ0n) is 11.1. The Labute approximate surface area is 127 Å². The van der Waals surface area contributed by atoms with Crippen LogP contribution in [0, 0.1) is 0 Å². The molecule has 1 aliphatic heterocycles. The van der Waals surface area contributed by atoms with Crippen LogP contribution < -0.4 is 5.32 Å². The lowest BCUT2D eigenvalue weighted by Crippen LogP contribution is -2.42. The molecule has 3 heteroatoms. The second kappa shape index (κ2) is 4.61. The Kier molecular flexibility index (Phi) is 2.86. The third-order valence-electron chi connectivity index (χ3n) is 4.62. The topological polar surface area (TPSA) is 32.3 Å². The van der Waals surface area contributed by atoms with Crippen molar-refractivity contribution < 1.29 is 5.11 Å². The van der Waals surface area contributed by atoms with E-state index in [0.717, 1.165) is 23.9 Å². The van der Waals surface area contributed by atoms with E-state index in [1.165, 1.54) is 22.3 Å². The summed E-state index contributed by atoms with van der Waals surface area (Å²) in [6, 6.07) is 13.2. The number of phenols is 1. The molecule has 102 valence electrons. The van der Waals surface area contributed by atoms with Crippen molar-refractivity contribution in [3.8, 4) is 5.75 Å². The summed E-state index contributed by atoms with van der Waals surface area (Å²) in [7, 11) is 0. The highest BCUT2D eigenvalue weighted by molar-refractivity contribution is 9.10. The minimum atomic E-state index is 0.340. The van der Waals surface area contributed by atoms with Crippen molar-refractivity contribution in [1.29, 1.82) is 0 Å². The van der Waals surface area contributed by atoms with Crippen LogP contribution in [0.15, 0.2) is 40.9 Å². The molecule has 0 saturated carbocycles. The highest BCUT2D eigenvalue weighted by atomic mass is 79.9.